The summed E-state index contributed by atoms with van der Waals surface area (Å²) < 4.78 is 0.999. The number of halogens is 1. The van der Waals surface area contributed by atoms with Crippen molar-refractivity contribution in [2.24, 2.45) is 0 Å². The van der Waals surface area contributed by atoms with Crippen LogP contribution in [-0.2, 0) is 0 Å². The first-order valence-electron chi connectivity index (χ1n) is 7.36. The number of ketones is 1. The van der Waals surface area contributed by atoms with Crippen LogP contribution < -0.4 is 0 Å². The summed E-state index contributed by atoms with van der Waals surface area (Å²) in [4.78, 5) is 12.3. The fourth-order valence-corrected chi connectivity index (χ4v) is 2.75. The monoisotopic (exact) mass is 362 g/mol. The second-order valence-corrected chi connectivity index (χ2v) is 6.11. The average Bonchev–Trinajstić information content (AvgIpc) is 2.61. The summed E-state index contributed by atoms with van der Waals surface area (Å²) in [5.41, 5.74) is 3.94. The molecule has 0 heterocycles. The Labute approximate surface area is 144 Å². The van der Waals surface area contributed by atoms with Gasteiger partial charge in [-0.2, -0.15) is 0 Å². The highest BCUT2D eigenvalue weighted by Gasteiger charge is 2.03. The first kappa shape index (κ1) is 15.4. The molecule has 0 aliphatic rings. The van der Waals surface area contributed by atoms with E-state index in [0.29, 0.717) is 5.56 Å². The van der Waals surface area contributed by atoms with Crippen LogP contribution in [0.5, 0.6) is 0 Å². The number of carbonyl (C=O) groups excluding carboxylic acids is 1. The van der Waals surface area contributed by atoms with Crippen molar-refractivity contribution < 1.29 is 4.79 Å². The van der Waals surface area contributed by atoms with Gasteiger partial charge >= 0.3 is 0 Å². The van der Waals surface area contributed by atoms with Crippen LogP contribution in [0.15, 0.2) is 89.4 Å². The van der Waals surface area contributed by atoms with Gasteiger partial charge in [0.2, 0.25) is 0 Å². The average molecular weight is 363 g/mol. The summed E-state index contributed by atoms with van der Waals surface area (Å²) in [5.74, 6) is 0.00425. The summed E-state index contributed by atoms with van der Waals surface area (Å²) in [7, 11) is 0. The minimum atomic E-state index is 0.00425. The maximum atomic E-state index is 12.3. The van der Waals surface area contributed by atoms with E-state index in [1.807, 2.05) is 72.8 Å². The van der Waals surface area contributed by atoms with Gasteiger partial charge in [-0.3, -0.25) is 4.79 Å². The Hall–Kier alpha value is -2.45. The van der Waals surface area contributed by atoms with E-state index in [4.69, 9.17) is 0 Å². The Morgan fingerprint density at radius 3 is 2.17 bits per heavy atom. The molecule has 0 saturated carbocycles. The number of allylic oxidation sites excluding steroid dienone is 1. The summed E-state index contributed by atoms with van der Waals surface area (Å²) in [6.45, 7) is 0. The van der Waals surface area contributed by atoms with Gasteiger partial charge in [0, 0.05) is 10.0 Å². The smallest absolute Gasteiger partial charge is 0.185 e. The van der Waals surface area contributed by atoms with Crippen molar-refractivity contribution in [3.05, 3.63) is 101 Å². The molecule has 23 heavy (non-hydrogen) atoms. The number of rotatable bonds is 4. The van der Waals surface area contributed by atoms with E-state index in [1.54, 1.807) is 6.08 Å². The van der Waals surface area contributed by atoms with Crippen molar-refractivity contribution >= 4 is 27.8 Å². The Balaban J connectivity index is 1.75. The Morgan fingerprint density at radius 2 is 1.48 bits per heavy atom. The Kier molecular flexibility index (Phi) is 4.84. The van der Waals surface area contributed by atoms with Crippen molar-refractivity contribution in [1.82, 2.24) is 0 Å². The predicted molar refractivity (Wildman–Crippen MR) is 99.4 cm³/mol. The maximum Gasteiger partial charge on any atom is 0.185 e. The van der Waals surface area contributed by atoms with Crippen LogP contribution in [-0.4, -0.2) is 5.78 Å². The SMILES string of the molecule is O=C(C=Cc1cccc(Br)c1)c1ccc(-c2ccccc2)cc1. The summed E-state index contributed by atoms with van der Waals surface area (Å²) in [5, 5.41) is 0. The molecular weight excluding hydrogens is 348 g/mol. The van der Waals surface area contributed by atoms with E-state index in [0.717, 1.165) is 21.2 Å². The molecule has 0 aliphatic heterocycles. The van der Waals surface area contributed by atoms with E-state index >= 15 is 0 Å². The van der Waals surface area contributed by atoms with E-state index in [-0.39, 0.29) is 5.78 Å². The molecule has 0 saturated heterocycles. The van der Waals surface area contributed by atoms with Gasteiger partial charge < -0.3 is 0 Å². The molecule has 0 aliphatic carbocycles. The topological polar surface area (TPSA) is 17.1 Å². The molecule has 0 aromatic heterocycles. The molecule has 0 radical (unpaired) electrons. The molecule has 1 nitrogen and oxygen atoms in total. The van der Waals surface area contributed by atoms with Crippen LogP contribution in [0.3, 0.4) is 0 Å². The molecule has 2 heteroatoms. The minimum absolute atomic E-state index is 0.00425. The number of benzene rings is 3. The quantitative estimate of drug-likeness (QED) is 0.410. The molecule has 0 N–H and O–H groups in total. The van der Waals surface area contributed by atoms with Crippen LogP contribution >= 0.6 is 15.9 Å². The molecule has 3 rings (SSSR count). The second kappa shape index (κ2) is 7.21. The molecule has 0 unspecified atom stereocenters. The van der Waals surface area contributed by atoms with Gasteiger partial charge in [0.15, 0.2) is 5.78 Å². The van der Waals surface area contributed by atoms with E-state index < -0.39 is 0 Å². The minimum Gasteiger partial charge on any atom is -0.289 e. The predicted octanol–water partition coefficient (Wildman–Crippen LogP) is 6.01. The van der Waals surface area contributed by atoms with Gasteiger partial charge in [-0.15, -0.1) is 0 Å². The summed E-state index contributed by atoms with van der Waals surface area (Å²) in [6.07, 6.45) is 3.44. The van der Waals surface area contributed by atoms with E-state index in [1.165, 1.54) is 0 Å². The molecule has 0 atom stereocenters. The molecule has 0 bridgehead atoms. The van der Waals surface area contributed by atoms with Crippen LogP contribution in [0.25, 0.3) is 17.2 Å². The van der Waals surface area contributed by atoms with E-state index in [9.17, 15) is 4.79 Å². The zero-order valence-corrected chi connectivity index (χ0v) is 14.0. The van der Waals surface area contributed by atoms with Crippen molar-refractivity contribution in [3.63, 3.8) is 0 Å². The largest absolute Gasteiger partial charge is 0.289 e. The Bertz CT molecular complexity index is 833. The molecule has 0 spiro atoms. The van der Waals surface area contributed by atoms with Gasteiger partial charge in [-0.05, 0) is 34.9 Å². The van der Waals surface area contributed by atoms with Gasteiger partial charge in [0.25, 0.3) is 0 Å². The second-order valence-electron chi connectivity index (χ2n) is 5.20. The van der Waals surface area contributed by atoms with Gasteiger partial charge in [0.05, 0.1) is 0 Å². The van der Waals surface area contributed by atoms with Crippen LogP contribution in [0.1, 0.15) is 15.9 Å². The number of hydrogen-bond donors (Lipinski definition) is 0. The Morgan fingerprint density at radius 1 is 0.783 bits per heavy atom. The van der Waals surface area contributed by atoms with Crippen LogP contribution in [0.4, 0.5) is 0 Å². The normalized spacial score (nSPS) is 10.8. The highest BCUT2D eigenvalue weighted by Crippen LogP contribution is 2.20. The highest BCUT2D eigenvalue weighted by atomic mass is 79.9. The molecule has 0 fully saturated rings. The van der Waals surface area contributed by atoms with Crippen LogP contribution in [0, 0.1) is 0 Å². The maximum absolute atomic E-state index is 12.3. The van der Waals surface area contributed by atoms with Gasteiger partial charge in [0.1, 0.15) is 0 Å². The lowest BCUT2D eigenvalue weighted by Crippen LogP contribution is -1.93. The third kappa shape index (κ3) is 4.05. The standard InChI is InChI=1S/C21H15BrO/c22-20-8-4-5-16(15-20)9-14-21(23)19-12-10-18(11-13-19)17-6-2-1-3-7-17/h1-15H. The molecule has 3 aromatic rings. The third-order valence-electron chi connectivity index (χ3n) is 3.55. The fraction of sp³-hybridized carbons (Fsp3) is 0. The first-order chi connectivity index (χ1) is 11.2. The fourth-order valence-electron chi connectivity index (χ4n) is 2.34. The first-order valence-corrected chi connectivity index (χ1v) is 8.15. The molecule has 0 amide bonds. The van der Waals surface area contributed by atoms with Crippen LogP contribution in [0.2, 0.25) is 0 Å². The van der Waals surface area contributed by atoms with Crippen molar-refractivity contribution in [1.29, 1.82) is 0 Å². The number of carbonyl (C=O) groups is 1. The molecule has 112 valence electrons. The zero-order chi connectivity index (χ0) is 16.1. The van der Waals surface area contributed by atoms with Gasteiger partial charge in [-0.25, -0.2) is 0 Å². The summed E-state index contributed by atoms with van der Waals surface area (Å²) >= 11 is 3.43. The van der Waals surface area contributed by atoms with E-state index in [2.05, 4.69) is 28.1 Å². The lowest BCUT2D eigenvalue weighted by atomic mass is 10.0. The van der Waals surface area contributed by atoms with Crippen molar-refractivity contribution in [2.45, 2.75) is 0 Å². The lowest BCUT2D eigenvalue weighted by Gasteiger charge is -2.02. The summed E-state index contributed by atoms with van der Waals surface area (Å²) in [6, 6.07) is 25.7. The van der Waals surface area contributed by atoms with Crippen molar-refractivity contribution in [3.8, 4) is 11.1 Å². The zero-order valence-electron chi connectivity index (χ0n) is 12.4. The third-order valence-corrected chi connectivity index (χ3v) is 4.05. The number of hydrogen-bond acceptors (Lipinski definition) is 1. The molecular formula is C21H15BrO. The molecule has 3 aromatic carbocycles. The highest BCUT2D eigenvalue weighted by molar-refractivity contribution is 9.10. The lowest BCUT2D eigenvalue weighted by molar-refractivity contribution is 0.104. The van der Waals surface area contributed by atoms with Gasteiger partial charge in [-0.1, -0.05) is 88.7 Å². The van der Waals surface area contributed by atoms with Crippen molar-refractivity contribution in [2.75, 3.05) is 0 Å².